The van der Waals surface area contributed by atoms with Crippen molar-refractivity contribution in [2.45, 2.75) is 12.8 Å². The van der Waals surface area contributed by atoms with E-state index in [9.17, 15) is 9.59 Å². The van der Waals surface area contributed by atoms with E-state index in [0.717, 1.165) is 0 Å². The number of hydrogen-bond acceptors (Lipinski definition) is 6. The van der Waals surface area contributed by atoms with E-state index in [1.54, 1.807) is 12.1 Å². The molecule has 0 aliphatic rings. The summed E-state index contributed by atoms with van der Waals surface area (Å²) in [5.74, 6) is -0.668. The highest BCUT2D eigenvalue weighted by Crippen LogP contribution is 2.12. The third-order valence-electron chi connectivity index (χ3n) is 2.30. The molecule has 0 saturated carbocycles. The predicted molar refractivity (Wildman–Crippen MR) is 68.9 cm³/mol. The van der Waals surface area contributed by atoms with E-state index in [-0.39, 0.29) is 19.4 Å². The number of rotatable bonds is 7. The van der Waals surface area contributed by atoms with E-state index >= 15 is 0 Å². The lowest BCUT2D eigenvalue weighted by molar-refractivity contribution is -0.147. The zero-order valence-corrected chi connectivity index (χ0v) is 11.1. The molecule has 0 N–H and O–H groups in total. The van der Waals surface area contributed by atoms with Gasteiger partial charge in [-0.05, 0) is 24.3 Å². The van der Waals surface area contributed by atoms with Crippen molar-refractivity contribution in [3.63, 3.8) is 0 Å². The molecule has 0 aliphatic carbocycles. The summed E-state index contributed by atoms with van der Waals surface area (Å²) in [6.07, 6.45) is -0.107. The molecule has 0 spiro atoms. The molecule has 0 atom stereocenters. The minimum Gasteiger partial charge on any atom is -0.463 e. The number of carbonyl (C=O) groups excluding carboxylic acids is 2. The Hall–Kier alpha value is -2.39. The second-order valence-corrected chi connectivity index (χ2v) is 3.82. The third kappa shape index (κ3) is 5.98. The summed E-state index contributed by atoms with van der Waals surface area (Å²) < 4.78 is 14.5. The predicted octanol–water partition coefficient (Wildman–Crippen LogP) is 1.43. The van der Waals surface area contributed by atoms with Crippen LogP contribution in [-0.2, 0) is 19.1 Å². The number of nitrogens with zero attached hydrogens (tertiary/aromatic N) is 1. The Balaban J connectivity index is 2.29. The van der Waals surface area contributed by atoms with Gasteiger partial charge in [0.05, 0.1) is 31.1 Å². The maximum Gasteiger partial charge on any atom is 0.311 e. The van der Waals surface area contributed by atoms with Crippen LogP contribution in [0, 0.1) is 11.3 Å². The molecule has 0 amide bonds. The molecule has 0 bridgehead atoms. The molecule has 0 saturated heterocycles. The van der Waals surface area contributed by atoms with Crippen molar-refractivity contribution in [1.29, 1.82) is 5.26 Å². The average Bonchev–Trinajstić information content (AvgIpc) is 2.46. The van der Waals surface area contributed by atoms with Crippen molar-refractivity contribution in [3.05, 3.63) is 29.8 Å². The van der Waals surface area contributed by atoms with Gasteiger partial charge in [-0.15, -0.1) is 0 Å². The minimum absolute atomic E-state index is 0.0428. The Morgan fingerprint density at radius 3 is 2.35 bits per heavy atom. The van der Waals surface area contributed by atoms with Crippen LogP contribution in [0.1, 0.15) is 18.4 Å². The Bertz CT molecular complexity index is 489. The van der Waals surface area contributed by atoms with Crippen LogP contribution < -0.4 is 4.74 Å². The van der Waals surface area contributed by atoms with Crippen molar-refractivity contribution in [1.82, 2.24) is 0 Å². The molecular weight excluding hydrogens is 262 g/mol. The lowest BCUT2D eigenvalue weighted by Gasteiger charge is -2.05. The second kappa shape index (κ2) is 8.67. The summed E-state index contributed by atoms with van der Waals surface area (Å²) in [4.78, 5) is 22.7. The van der Waals surface area contributed by atoms with Crippen LogP contribution in [0.5, 0.6) is 5.75 Å². The summed E-state index contributed by atoms with van der Waals surface area (Å²) in [5.41, 5.74) is 0.478. The summed E-state index contributed by atoms with van der Waals surface area (Å²) in [6.45, 7) is 0.488. The van der Waals surface area contributed by atoms with Crippen LogP contribution in [0.4, 0.5) is 0 Å². The molecule has 0 radical (unpaired) electrons. The quantitative estimate of drug-likeness (QED) is 0.426. The maximum absolute atomic E-state index is 11.5. The normalized spacial score (nSPS) is 9.60. The average molecular weight is 277 g/mol. The fourth-order valence-electron chi connectivity index (χ4n) is 1.30. The molecule has 20 heavy (non-hydrogen) atoms. The lowest BCUT2D eigenvalue weighted by atomic mass is 10.2. The summed E-state index contributed by atoms with van der Waals surface area (Å²) in [6, 6.07) is 8.09. The minimum atomic E-state index is -0.529. The zero-order chi connectivity index (χ0) is 14.8. The first-order valence-electron chi connectivity index (χ1n) is 6.01. The van der Waals surface area contributed by atoms with Crippen LogP contribution in [0.3, 0.4) is 0 Å². The zero-order valence-electron chi connectivity index (χ0n) is 11.1. The smallest absolute Gasteiger partial charge is 0.311 e. The van der Waals surface area contributed by atoms with Crippen LogP contribution in [-0.4, -0.2) is 32.3 Å². The molecule has 0 unspecified atom stereocenters. The fraction of sp³-hybridized carbons (Fsp3) is 0.357. The van der Waals surface area contributed by atoms with Gasteiger partial charge in [0.15, 0.2) is 0 Å². The van der Waals surface area contributed by atoms with Crippen LogP contribution in [0.2, 0.25) is 0 Å². The Morgan fingerprint density at radius 1 is 1.10 bits per heavy atom. The molecule has 1 rings (SSSR count). The van der Waals surface area contributed by atoms with Crippen molar-refractivity contribution in [3.8, 4) is 11.8 Å². The number of benzene rings is 1. The molecule has 106 valence electrons. The first kappa shape index (κ1) is 15.7. The SMILES string of the molecule is COCCOC(=O)CCC(=O)Oc1ccc(C#N)cc1. The number of hydrogen-bond donors (Lipinski definition) is 0. The summed E-state index contributed by atoms with van der Waals surface area (Å²) >= 11 is 0. The standard InChI is InChI=1S/C14H15NO5/c1-18-8-9-19-13(16)6-7-14(17)20-12-4-2-11(10-15)3-5-12/h2-5H,6-9H2,1H3. The highest BCUT2D eigenvalue weighted by molar-refractivity contribution is 5.79. The monoisotopic (exact) mass is 277 g/mol. The van der Waals surface area contributed by atoms with Crippen LogP contribution in [0.25, 0.3) is 0 Å². The molecule has 0 heterocycles. The number of methoxy groups -OCH3 is 1. The van der Waals surface area contributed by atoms with Gasteiger partial charge in [0, 0.05) is 7.11 Å². The first-order chi connectivity index (χ1) is 9.65. The number of nitriles is 1. The number of ether oxygens (including phenoxy) is 3. The van der Waals surface area contributed by atoms with Gasteiger partial charge < -0.3 is 14.2 Å². The highest BCUT2D eigenvalue weighted by Gasteiger charge is 2.10. The van der Waals surface area contributed by atoms with Crippen molar-refractivity contribution < 1.29 is 23.8 Å². The van der Waals surface area contributed by atoms with Gasteiger partial charge >= 0.3 is 11.9 Å². The van der Waals surface area contributed by atoms with E-state index in [0.29, 0.717) is 17.9 Å². The van der Waals surface area contributed by atoms with Gasteiger partial charge in [-0.2, -0.15) is 5.26 Å². The summed E-state index contributed by atoms with van der Waals surface area (Å²) in [7, 11) is 1.50. The van der Waals surface area contributed by atoms with Gasteiger partial charge in [-0.3, -0.25) is 9.59 Å². The van der Waals surface area contributed by atoms with Gasteiger partial charge in [-0.25, -0.2) is 0 Å². The highest BCUT2D eigenvalue weighted by atomic mass is 16.6. The van der Waals surface area contributed by atoms with E-state index in [4.69, 9.17) is 19.5 Å². The van der Waals surface area contributed by atoms with Crippen LogP contribution >= 0.6 is 0 Å². The maximum atomic E-state index is 11.5. The molecular formula is C14H15NO5. The van der Waals surface area contributed by atoms with E-state index in [2.05, 4.69) is 0 Å². The van der Waals surface area contributed by atoms with Crippen LogP contribution in [0.15, 0.2) is 24.3 Å². The van der Waals surface area contributed by atoms with E-state index < -0.39 is 11.9 Å². The van der Waals surface area contributed by atoms with E-state index in [1.807, 2.05) is 6.07 Å². The largest absolute Gasteiger partial charge is 0.463 e. The van der Waals surface area contributed by atoms with Gasteiger partial charge in [0.25, 0.3) is 0 Å². The molecule has 6 nitrogen and oxygen atoms in total. The molecule has 1 aromatic carbocycles. The Kier molecular flexibility index (Phi) is 6.79. The Morgan fingerprint density at radius 2 is 1.75 bits per heavy atom. The molecule has 6 heteroatoms. The number of carbonyl (C=O) groups is 2. The second-order valence-electron chi connectivity index (χ2n) is 3.82. The Labute approximate surface area is 116 Å². The van der Waals surface area contributed by atoms with Gasteiger partial charge in [0.1, 0.15) is 12.4 Å². The fourth-order valence-corrected chi connectivity index (χ4v) is 1.30. The lowest BCUT2D eigenvalue weighted by Crippen LogP contribution is -2.14. The van der Waals surface area contributed by atoms with Crippen molar-refractivity contribution in [2.24, 2.45) is 0 Å². The topological polar surface area (TPSA) is 85.6 Å². The molecule has 0 aromatic heterocycles. The van der Waals surface area contributed by atoms with Gasteiger partial charge in [-0.1, -0.05) is 0 Å². The van der Waals surface area contributed by atoms with Crippen molar-refractivity contribution in [2.75, 3.05) is 20.3 Å². The van der Waals surface area contributed by atoms with Gasteiger partial charge in [0.2, 0.25) is 0 Å². The van der Waals surface area contributed by atoms with E-state index in [1.165, 1.54) is 19.2 Å². The van der Waals surface area contributed by atoms with Crippen molar-refractivity contribution >= 4 is 11.9 Å². The molecule has 0 aliphatic heterocycles. The molecule has 1 aromatic rings. The first-order valence-corrected chi connectivity index (χ1v) is 6.01. The summed E-state index contributed by atoms with van der Waals surface area (Å²) in [5, 5.41) is 8.63. The third-order valence-corrected chi connectivity index (χ3v) is 2.30. The number of esters is 2. The molecule has 0 fully saturated rings.